The normalized spacial score (nSPS) is 31.6. The molecule has 5 rings (SSSR count). The van der Waals surface area contributed by atoms with Crippen LogP contribution < -0.4 is 4.74 Å². The van der Waals surface area contributed by atoms with Crippen molar-refractivity contribution in [3.63, 3.8) is 0 Å². The fourth-order valence-corrected chi connectivity index (χ4v) is 4.36. The molecule has 3 saturated heterocycles. The minimum Gasteiger partial charge on any atom is -0.756 e. The summed E-state index contributed by atoms with van der Waals surface area (Å²) in [6.07, 6.45) is 2.72. The van der Waals surface area contributed by atoms with Crippen molar-refractivity contribution in [2.45, 2.75) is 38.3 Å². The molecule has 0 radical (unpaired) electrons. The van der Waals surface area contributed by atoms with Crippen LogP contribution in [0.1, 0.15) is 35.7 Å². The zero-order chi connectivity index (χ0) is 16.1. The lowest BCUT2D eigenvalue weighted by Gasteiger charge is -2.51. The van der Waals surface area contributed by atoms with E-state index in [1.165, 1.54) is 0 Å². The Morgan fingerprint density at radius 2 is 2.13 bits per heavy atom. The number of nitrogens with zero attached hydrogens (tertiary/aromatic N) is 2. The Morgan fingerprint density at radius 3 is 2.78 bits per heavy atom. The van der Waals surface area contributed by atoms with Crippen LogP contribution >= 0.6 is 11.6 Å². The summed E-state index contributed by atoms with van der Waals surface area (Å²) < 4.78 is 5.76. The maximum Gasteiger partial charge on any atom is 0.247 e. The summed E-state index contributed by atoms with van der Waals surface area (Å²) in [4.78, 5) is 15.1. The molecule has 0 spiro atoms. The van der Waals surface area contributed by atoms with Gasteiger partial charge in [0.2, 0.25) is 5.91 Å². The van der Waals surface area contributed by atoms with E-state index in [0.717, 1.165) is 37.9 Å². The maximum atomic E-state index is 12.8. The number of hydroxylamine groups is 2. The number of hydrogen-bond donors (Lipinski definition) is 0. The lowest BCUT2D eigenvalue weighted by molar-refractivity contribution is 0.0228. The van der Waals surface area contributed by atoms with Crippen LogP contribution in [-0.4, -0.2) is 47.7 Å². The first-order valence-corrected chi connectivity index (χ1v) is 8.63. The molecule has 1 amide bonds. The third-order valence-corrected chi connectivity index (χ3v) is 5.53. The molecule has 5 nitrogen and oxygen atoms in total. The summed E-state index contributed by atoms with van der Waals surface area (Å²) in [5.41, 5.74) is 1.22. The van der Waals surface area contributed by atoms with E-state index in [0.29, 0.717) is 33.9 Å². The Morgan fingerprint density at radius 1 is 1.39 bits per heavy atom. The highest BCUT2D eigenvalue weighted by molar-refractivity contribution is 6.31. The number of hydrogen-bond acceptors (Lipinski definition) is 4. The monoisotopic (exact) mass is 335 g/mol. The first kappa shape index (κ1) is 15.2. The van der Waals surface area contributed by atoms with E-state index < -0.39 is 5.91 Å². The van der Waals surface area contributed by atoms with Crippen LogP contribution in [-0.2, 0) is 6.42 Å². The van der Waals surface area contributed by atoms with Crippen molar-refractivity contribution in [1.82, 2.24) is 9.96 Å². The molecule has 0 aliphatic carbocycles. The summed E-state index contributed by atoms with van der Waals surface area (Å²) in [5, 5.41) is 13.9. The van der Waals surface area contributed by atoms with E-state index in [-0.39, 0.29) is 12.1 Å². The van der Waals surface area contributed by atoms with Crippen LogP contribution in [0.25, 0.3) is 0 Å². The van der Waals surface area contributed by atoms with Crippen molar-refractivity contribution >= 4 is 17.5 Å². The van der Waals surface area contributed by atoms with E-state index >= 15 is 0 Å². The van der Waals surface area contributed by atoms with Crippen molar-refractivity contribution in [2.24, 2.45) is 5.92 Å². The summed E-state index contributed by atoms with van der Waals surface area (Å²) in [7, 11) is 0. The Hall–Kier alpha value is -1.30. The predicted molar refractivity (Wildman–Crippen MR) is 87.7 cm³/mol. The van der Waals surface area contributed by atoms with Crippen LogP contribution in [0.3, 0.4) is 0 Å². The zero-order valence-corrected chi connectivity index (χ0v) is 13.9. The van der Waals surface area contributed by atoms with Crippen LogP contribution in [0.5, 0.6) is 5.75 Å². The number of amides is 1. The minimum absolute atomic E-state index is 0.00641. The van der Waals surface area contributed by atoms with E-state index in [1.807, 2.05) is 13.0 Å². The van der Waals surface area contributed by atoms with Crippen molar-refractivity contribution in [3.8, 4) is 5.75 Å². The van der Waals surface area contributed by atoms with Crippen LogP contribution in [0.15, 0.2) is 12.1 Å². The quantitative estimate of drug-likeness (QED) is 0.780. The number of piperidine rings is 3. The third kappa shape index (κ3) is 2.61. The summed E-state index contributed by atoms with van der Waals surface area (Å²) in [6, 6.07) is 3.13. The Bertz CT molecular complexity index is 643. The standard InChI is InChI=1S/C17H20ClN2O3/c1-10-6-12-7-13(18)8-14(16(12)23-10)17(21)20(22)15-9-19-4-2-11(15)3-5-19/h7-8,10-11,15H,2-6,9H2,1H3/q-1. The van der Waals surface area contributed by atoms with Gasteiger partial charge in [0, 0.05) is 29.6 Å². The van der Waals surface area contributed by atoms with Crippen molar-refractivity contribution in [1.29, 1.82) is 0 Å². The fraction of sp³-hybridized carbons (Fsp3) is 0.588. The molecule has 2 atom stereocenters. The molecule has 4 aliphatic rings. The van der Waals surface area contributed by atoms with Crippen molar-refractivity contribution in [3.05, 3.63) is 33.5 Å². The summed E-state index contributed by atoms with van der Waals surface area (Å²) in [6.45, 7) is 4.71. The molecule has 4 aliphatic heterocycles. The fourth-order valence-electron chi connectivity index (χ4n) is 4.12. The molecular weight excluding hydrogens is 316 g/mol. The highest BCUT2D eigenvalue weighted by Crippen LogP contribution is 2.37. The topological polar surface area (TPSA) is 55.8 Å². The van der Waals surface area contributed by atoms with E-state index in [2.05, 4.69) is 4.90 Å². The van der Waals surface area contributed by atoms with Gasteiger partial charge in [-0.1, -0.05) is 11.6 Å². The summed E-state index contributed by atoms with van der Waals surface area (Å²) >= 11 is 6.14. The molecule has 4 heterocycles. The number of ether oxygens (including phenoxy) is 1. The lowest BCUT2D eigenvalue weighted by Crippen LogP contribution is -2.57. The molecule has 6 heteroatoms. The van der Waals surface area contributed by atoms with Gasteiger partial charge in [-0.15, -0.1) is 0 Å². The van der Waals surface area contributed by atoms with Gasteiger partial charge in [-0.2, -0.15) is 0 Å². The van der Waals surface area contributed by atoms with Gasteiger partial charge in [0.05, 0.1) is 5.56 Å². The second-order valence-corrected chi connectivity index (χ2v) is 7.35. The molecule has 2 unspecified atom stereocenters. The van der Waals surface area contributed by atoms with E-state index in [4.69, 9.17) is 16.3 Å². The second-order valence-electron chi connectivity index (χ2n) is 6.91. The Balaban J connectivity index is 1.62. The van der Waals surface area contributed by atoms with Crippen molar-refractivity contribution in [2.75, 3.05) is 19.6 Å². The SMILES string of the molecule is CC1Cc2cc(Cl)cc(C(=O)N([O-])C3CN4CCC3CC4)c2O1. The van der Waals surface area contributed by atoms with Gasteiger partial charge in [-0.3, -0.25) is 4.79 Å². The molecule has 1 aromatic rings. The van der Waals surface area contributed by atoms with Crippen LogP contribution in [0.4, 0.5) is 0 Å². The average Bonchev–Trinajstić information content (AvgIpc) is 2.93. The molecular formula is C17H20ClN2O3-. The van der Waals surface area contributed by atoms with Gasteiger partial charge in [0.15, 0.2) is 0 Å². The number of halogens is 1. The zero-order valence-electron chi connectivity index (χ0n) is 13.1. The minimum atomic E-state index is -0.517. The number of rotatable bonds is 2. The molecule has 2 bridgehead atoms. The van der Waals surface area contributed by atoms with Gasteiger partial charge >= 0.3 is 0 Å². The molecule has 23 heavy (non-hydrogen) atoms. The number of fused-ring (bicyclic) bond motifs is 4. The molecule has 0 saturated carbocycles. The Kier molecular flexibility index (Phi) is 3.75. The first-order chi connectivity index (χ1) is 11.0. The molecule has 0 aromatic heterocycles. The second kappa shape index (κ2) is 5.65. The summed E-state index contributed by atoms with van der Waals surface area (Å²) in [5.74, 6) is 0.333. The molecule has 1 aromatic carbocycles. The van der Waals surface area contributed by atoms with Gasteiger partial charge in [0.1, 0.15) is 11.9 Å². The number of carbonyl (C=O) groups excluding carboxylic acids is 1. The average molecular weight is 336 g/mol. The van der Waals surface area contributed by atoms with E-state index in [1.54, 1.807) is 6.07 Å². The number of benzene rings is 1. The predicted octanol–water partition coefficient (Wildman–Crippen LogP) is 2.70. The van der Waals surface area contributed by atoms with Gasteiger partial charge in [-0.05, 0) is 50.9 Å². The van der Waals surface area contributed by atoms with Gasteiger partial charge < -0.3 is 19.9 Å². The van der Waals surface area contributed by atoms with Crippen LogP contribution in [0.2, 0.25) is 5.02 Å². The molecule has 3 fully saturated rings. The molecule has 0 N–H and O–H groups in total. The van der Waals surface area contributed by atoms with E-state index in [9.17, 15) is 10.0 Å². The van der Waals surface area contributed by atoms with Crippen LogP contribution in [0, 0.1) is 11.1 Å². The lowest BCUT2D eigenvalue weighted by atomic mass is 9.83. The third-order valence-electron chi connectivity index (χ3n) is 5.31. The van der Waals surface area contributed by atoms with Gasteiger partial charge in [0.25, 0.3) is 0 Å². The van der Waals surface area contributed by atoms with Crippen molar-refractivity contribution < 1.29 is 9.53 Å². The Labute approximate surface area is 140 Å². The largest absolute Gasteiger partial charge is 0.756 e. The highest BCUT2D eigenvalue weighted by Gasteiger charge is 2.37. The molecule has 124 valence electrons. The maximum absolute atomic E-state index is 12.8. The highest BCUT2D eigenvalue weighted by atomic mass is 35.5. The smallest absolute Gasteiger partial charge is 0.247 e. The first-order valence-electron chi connectivity index (χ1n) is 8.25. The number of carbonyl (C=O) groups is 1. The van der Waals surface area contributed by atoms with Gasteiger partial charge in [-0.25, -0.2) is 0 Å².